The van der Waals surface area contributed by atoms with E-state index in [4.69, 9.17) is 0 Å². The summed E-state index contributed by atoms with van der Waals surface area (Å²) in [5.74, 6) is -0.0294. The van der Waals surface area contributed by atoms with Gasteiger partial charge >= 0.3 is 0 Å². The second-order valence-corrected chi connectivity index (χ2v) is 7.89. The monoisotopic (exact) mass is 430 g/mol. The number of carbonyl (C=O) groups is 1. The minimum absolute atomic E-state index is 0.0294. The maximum atomic E-state index is 11.8. The van der Waals surface area contributed by atoms with Crippen LogP contribution in [-0.2, 0) is 6.54 Å². The Kier molecular flexibility index (Phi) is 5.84. The molecule has 0 unspecified atom stereocenters. The van der Waals surface area contributed by atoms with Gasteiger partial charge in [0, 0.05) is 33.7 Å². The smallest absolute Gasteiger partial charge is 0.251 e. The summed E-state index contributed by atoms with van der Waals surface area (Å²) in [7, 11) is 0. The van der Waals surface area contributed by atoms with Crippen LogP contribution in [0.5, 0.6) is 0 Å². The molecule has 112 valence electrons. The lowest BCUT2D eigenvalue weighted by Crippen LogP contribution is -2.22. The van der Waals surface area contributed by atoms with Crippen molar-refractivity contribution in [2.75, 3.05) is 11.9 Å². The van der Waals surface area contributed by atoms with Crippen LogP contribution in [0.1, 0.15) is 27.7 Å². The average molecular weight is 432 g/mol. The molecule has 1 aromatic carbocycles. The molecule has 0 saturated heterocycles. The molecule has 0 spiro atoms. The molecule has 0 radical (unpaired) electrons. The first-order valence-corrected chi connectivity index (χ1v) is 8.98. The fourth-order valence-corrected chi connectivity index (χ4v) is 4.04. The minimum atomic E-state index is -0.0294. The van der Waals surface area contributed by atoms with Gasteiger partial charge in [0.1, 0.15) is 0 Å². The van der Waals surface area contributed by atoms with E-state index in [1.54, 1.807) is 11.3 Å². The fraction of sp³-hybridized carbons (Fsp3) is 0.267. The van der Waals surface area contributed by atoms with Gasteiger partial charge in [0.2, 0.25) is 0 Å². The zero-order valence-electron chi connectivity index (χ0n) is 11.8. The predicted molar refractivity (Wildman–Crippen MR) is 96.2 cm³/mol. The fourth-order valence-electron chi connectivity index (χ4n) is 1.93. The zero-order chi connectivity index (χ0) is 15.4. The van der Waals surface area contributed by atoms with E-state index < -0.39 is 0 Å². The number of halogens is 2. The third kappa shape index (κ3) is 4.31. The van der Waals surface area contributed by atoms with Crippen molar-refractivity contribution >= 4 is 54.8 Å². The summed E-state index contributed by atoms with van der Waals surface area (Å²) in [6.45, 7) is 5.32. The van der Waals surface area contributed by atoms with Crippen LogP contribution in [0.3, 0.4) is 0 Å². The number of anilines is 1. The summed E-state index contributed by atoms with van der Waals surface area (Å²) in [5, 5.41) is 6.21. The van der Waals surface area contributed by atoms with Crippen LogP contribution < -0.4 is 10.6 Å². The van der Waals surface area contributed by atoms with Crippen molar-refractivity contribution < 1.29 is 4.79 Å². The molecule has 2 rings (SSSR count). The number of hydrogen-bond donors (Lipinski definition) is 2. The summed E-state index contributed by atoms with van der Waals surface area (Å²) in [4.78, 5) is 13.0. The summed E-state index contributed by atoms with van der Waals surface area (Å²) < 4.78 is 2.18. The highest BCUT2D eigenvalue weighted by Crippen LogP contribution is 2.32. The van der Waals surface area contributed by atoms with E-state index >= 15 is 0 Å². The highest BCUT2D eigenvalue weighted by atomic mass is 79.9. The summed E-state index contributed by atoms with van der Waals surface area (Å²) in [5.41, 5.74) is 2.80. The third-order valence-electron chi connectivity index (χ3n) is 2.98. The van der Waals surface area contributed by atoms with E-state index in [0.29, 0.717) is 12.1 Å². The van der Waals surface area contributed by atoms with Gasteiger partial charge < -0.3 is 10.6 Å². The summed E-state index contributed by atoms with van der Waals surface area (Å²) in [6.07, 6.45) is 0. The Morgan fingerprint density at radius 1 is 1.29 bits per heavy atom. The first kappa shape index (κ1) is 16.5. The molecule has 0 atom stereocenters. The molecule has 2 aromatic rings. The van der Waals surface area contributed by atoms with Crippen LogP contribution in [0.15, 0.2) is 32.5 Å². The molecule has 0 aliphatic rings. The molecule has 0 aliphatic carbocycles. The maximum absolute atomic E-state index is 11.8. The van der Waals surface area contributed by atoms with Crippen molar-refractivity contribution in [3.05, 3.63) is 48.5 Å². The van der Waals surface area contributed by atoms with Gasteiger partial charge in [-0.05, 0) is 75.5 Å². The quantitative estimate of drug-likeness (QED) is 0.703. The minimum Gasteiger partial charge on any atom is -0.380 e. The Balaban J connectivity index is 2.05. The topological polar surface area (TPSA) is 41.1 Å². The van der Waals surface area contributed by atoms with Crippen LogP contribution >= 0.6 is 43.2 Å². The van der Waals surface area contributed by atoms with Crippen LogP contribution in [0, 0.1) is 6.92 Å². The normalized spacial score (nSPS) is 10.5. The number of amides is 1. The number of aryl methyl sites for hydroxylation is 1. The van der Waals surface area contributed by atoms with Crippen molar-refractivity contribution in [2.45, 2.75) is 20.4 Å². The number of rotatable bonds is 5. The van der Waals surface area contributed by atoms with Gasteiger partial charge in [0.05, 0.1) is 3.79 Å². The predicted octanol–water partition coefficient (Wildman–Crippen LogP) is 4.94. The van der Waals surface area contributed by atoms with Gasteiger partial charge in [-0.25, -0.2) is 0 Å². The highest BCUT2D eigenvalue weighted by molar-refractivity contribution is 9.13. The van der Waals surface area contributed by atoms with E-state index in [-0.39, 0.29) is 5.91 Å². The Hall–Kier alpha value is -0.850. The van der Waals surface area contributed by atoms with Gasteiger partial charge in [-0.15, -0.1) is 11.3 Å². The number of thiophene rings is 1. The lowest BCUT2D eigenvalue weighted by atomic mass is 10.1. The lowest BCUT2D eigenvalue weighted by Gasteiger charge is -2.10. The molecule has 0 bridgehead atoms. The van der Waals surface area contributed by atoms with Crippen molar-refractivity contribution in [2.24, 2.45) is 0 Å². The van der Waals surface area contributed by atoms with Gasteiger partial charge in [-0.3, -0.25) is 4.79 Å². The Morgan fingerprint density at radius 2 is 2.05 bits per heavy atom. The van der Waals surface area contributed by atoms with Gasteiger partial charge in [-0.2, -0.15) is 0 Å². The molecule has 1 amide bonds. The molecule has 1 aromatic heterocycles. The van der Waals surface area contributed by atoms with E-state index in [0.717, 1.165) is 26.1 Å². The van der Waals surface area contributed by atoms with Gasteiger partial charge in [0.15, 0.2) is 0 Å². The molecular weight excluding hydrogens is 416 g/mol. The SMILES string of the molecule is CCNC(=O)c1ccc(NCc2cc(Br)c(Br)s2)c(C)c1. The molecule has 0 aliphatic heterocycles. The van der Waals surface area contributed by atoms with E-state index in [2.05, 4.69) is 48.6 Å². The van der Waals surface area contributed by atoms with Crippen molar-refractivity contribution in [3.8, 4) is 0 Å². The standard InChI is InChI=1S/C15H16Br2N2OS/c1-3-18-15(20)10-4-5-13(9(2)6-10)19-8-11-7-12(16)14(17)21-11/h4-7,19H,3,8H2,1-2H3,(H,18,20). The maximum Gasteiger partial charge on any atom is 0.251 e. The Bertz CT molecular complexity index is 636. The summed E-state index contributed by atoms with van der Waals surface area (Å²) >= 11 is 8.68. The molecule has 0 saturated carbocycles. The van der Waals surface area contributed by atoms with Gasteiger partial charge in [-0.1, -0.05) is 0 Å². The van der Waals surface area contributed by atoms with Gasteiger partial charge in [0.25, 0.3) is 5.91 Å². The van der Waals surface area contributed by atoms with Crippen molar-refractivity contribution in [1.82, 2.24) is 5.32 Å². The number of benzene rings is 1. The molecular formula is C15H16Br2N2OS. The number of nitrogens with one attached hydrogen (secondary N) is 2. The second kappa shape index (κ2) is 7.42. The van der Waals surface area contributed by atoms with E-state index in [9.17, 15) is 4.79 Å². The largest absolute Gasteiger partial charge is 0.380 e. The zero-order valence-corrected chi connectivity index (χ0v) is 15.8. The number of carbonyl (C=O) groups excluding carboxylic acids is 1. The Labute approximate surface area is 145 Å². The first-order chi connectivity index (χ1) is 10.0. The molecule has 1 heterocycles. The van der Waals surface area contributed by atoms with Crippen LogP contribution in [-0.4, -0.2) is 12.5 Å². The summed E-state index contributed by atoms with van der Waals surface area (Å²) in [6, 6.07) is 7.81. The van der Waals surface area contributed by atoms with Crippen molar-refractivity contribution in [3.63, 3.8) is 0 Å². The van der Waals surface area contributed by atoms with Crippen molar-refractivity contribution in [1.29, 1.82) is 0 Å². The molecule has 6 heteroatoms. The Morgan fingerprint density at radius 3 is 2.62 bits per heavy atom. The van der Waals surface area contributed by atoms with Crippen LogP contribution in [0.25, 0.3) is 0 Å². The first-order valence-electron chi connectivity index (χ1n) is 6.57. The molecule has 3 nitrogen and oxygen atoms in total. The van der Waals surface area contributed by atoms with Crippen LogP contribution in [0.2, 0.25) is 0 Å². The average Bonchev–Trinajstić information content (AvgIpc) is 2.76. The number of hydrogen-bond acceptors (Lipinski definition) is 3. The third-order valence-corrected chi connectivity index (χ3v) is 6.23. The molecule has 2 N–H and O–H groups in total. The molecule has 0 fully saturated rings. The van der Waals surface area contributed by atoms with E-state index in [1.807, 2.05) is 32.0 Å². The molecule has 21 heavy (non-hydrogen) atoms. The lowest BCUT2D eigenvalue weighted by molar-refractivity contribution is 0.0956. The highest BCUT2D eigenvalue weighted by Gasteiger charge is 2.08. The second-order valence-electron chi connectivity index (χ2n) is 4.58. The van der Waals surface area contributed by atoms with Crippen LogP contribution in [0.4, 0.5) is 5.69 Å². The van der Waals surface area contributed by atoms with E-state index in [1.165, 1.54) is 4.88 Å².